The Morgan fingerprint density at radius 2 is 1.59 bits per heavy atom. The molecule has 0 spiro atoms. The number of amides is 5. The second-order valence-corrected chi connectivity index (χ2v) is 16.1. The predicted octanol–water partition coefficient (Wildman–Crippen LogP) is 4.19. The van der Waals surface area contributed by atoms with Gasteiger partial charge in [-0.15, -0.1) is 0 Å². The van der Waals surface area contributed by atoms with E-state index in [1.54, 1.807) is 30.3 Å². The number of hydrogen-bond acceptors (Lipinski definition) is 8. The lowest BCUT2D eigenvalue weighted by Gasteiger charge is -2.29. The number of anilines is 2. The summed E-state index contributed by atoms with van der Waals surface area (Å²) >= 11 is 0. The average Bonchev–Trinajstić information content (AvgIpc) is 3.66. The van der Waals surface area contributed by atoms with Crippen LogP contribution in [-0.2, 0) is 35.6 Å². The minimum Gasteiger partial charge on any atom is -0.480 e. The van der Waals surface area contributed by atoms with E-state index in [1.165, 1.54) is 43.1 Å². The van der Waals surface area contributed by atoms with Crippen LogP contribution >= 0.6 is 0 Å². The van der Waals surface area contributed by atoms with Gasteiger partial charge in [0.1, 0.15) is 18.1 Å². The van der Waals surface area contributed by atoms with Crippen molar-refractivity contribution >= 4 is 56.9 Å². The molecule has 1 saturated heterocycles. The fourth-order valence-electron chi connectivity index (χ4n) is 6.33. The molecule has 0 aromatic heterocycles. The molecule has 0 bridgehead atoms. The quantitative estimate of drug-likeness (QED) is 0.124. The molecule has 300 valence electrons. The first-order valence-corrected chi connectivity index (χ1v) is 19.8. The van der Waals surface area contributed by atoms with Crippen LogP contribution in [0.25, 0.3) is 0 Å². The molecule has 0 saturated carbocycles. The van der Waals surface area contributed by atoms with Crippen molar-refractivity contribution in [3.8, 4) is 0 Å². The van der Waals surface area contributed by atoms with Crippen LogP contribution < -0.4 is 21.3 Å². The van der Waals surface area contributed by atoms with Crippen LogP contribution in [0.3, 0.4) is 0 Å². The summed E-state index contributed by atoms with van der Waals surface area (Å²) in [5.74, 6) is -3.16. The standard InChI is InChI=1S/C40H50N6O9S/c1-25(2)23-35(45(5)36(48)24-28-12-16-30(17-13-28)42-40(53)44-32-10-7-6-9-26(32)3)37(49)41-21-20-33(39(51)52)43-38(50)34-11-8-22-46(34)56(54,55)31-18-14-29(15-19-31)27(4)47/h6-7,9-10,12-19,25,33-35H,8,11,20-24H2,1-5H3,(H,41,49)(H,43,50)(H,51,52)(H2,42,44,53)/t33-,34-,35-/m0/s1. The summed E-state index contributed by atoms with van der Waals surface area (Å²) in [6.07, 6.45) is 0.683. The van der Waals surface area contributed by atoms with Crippen molar-refractivity contribution in [2.75, 3.05) is 30.8 Å². The van der Waals surface area contributed by atoms with Gasteiger partial charge in [0.15, 0.2) is 5.78 Å². The third-order valence-electron chi connectivity index (χ3n) is 9.54. The molecule has 15 nitrogen and oxygen atoms in total. The van der Waals surface area contributed by atoms with Gasteiger partial charge in [-0.05, 0) is 86.9 Å². The third-order valence-corrected chi connectivity index (χ3v) is 11.5. The average molecular weight is 791 g/mol. The highest BCUT2D eigenvalue weighted by atomic mass is 32.2. The van der Waals surface area contributed by atoms with Crippen molar-refractivity contribution in [1.29, 1.82) is 0 Å². The number of nitrogens with zero attached hydrogens (tertiary/aromatic N) is 2. The number of aryl methyl sites for hydroxylation is 1. The number of benzene rings is 3. The summed E-state index contributed by atoms with van der Waals surface area (Å²) < 4.78 is 27.8. The zero-order valence-corrected chi connectivity index (χ0v) is 33.0. The molecule has 0 radical (unpaired) electrons. The maximum atomic E-state index is 13.4. The summed E-state index contributed by atoms with van der Waals surface area (Å²) in [4.78, 5) is 77.6. The predicted molar refractivity (Wildman–Crippen MR) is 211 cm³/mol. The van der Waals surface area contributed by atoms with Crippen molar-refractivity contribution in [2.24, 2.45) is 5.92 Å². The number of carbonyl (C=O) groups excluding carboxylic acids is 5. The summed E-state index contributed by atoms with van der Waals surface area (Å²) in [6, 6.07) is 15.7. The fourth-order valence-corrected chi connectivity index (χ4v) is 7.99. The summed E-state index contributed by atoms with van der Waals surface area (Å²) in [5, 5.41) is 20.6. The first kappa shape index (κ1) is 43.1. The molecule has 3 aromatic carbocycles. The Morgan fingerprint density at radius 3 is 2.20 bits per heavy atom. The lowest BCUT2D eigenvalue weighted by atomic mass is 10.0. The Bertz CT molecular complexity index is 2020. The fraction of sp³-hybridized carbons (Fsp3) is 0.400. The highest BCUT2D eigenvalue weighted by Crippen LogP contribution is 2.27. The highest BCUT2D eigenvalue weighted by molar-refractivity contribution is 7.89. The molecule has 0 unspecified atom stereocenters. The monoisotopic (exact) mass is 790 g/mol. The third kappa shape index (κ3) is 11.5. The van der Waals surface area contributed by atoms with E-state index in [2.05, 4.69) is 21.3 Å². The second kappa shape index (κ2) is 19.3. The molecular formula is C40H50N6O9S. The van der Waals surface area contributed by atoms with Crippen LogP contribution in [-0.4, -0.2) is 96.5 Å². The van der Waals surface area contributed by atoms with Crippen LogP contribution in [0.1, 0.15) is 67.9 Å². The maximum Gasteiger partial charge on any atom is 0.326 e. The minimum atomic E-state index is -4.12. The Hall–Kier alpha value is -5.61. The maximum absolute atomic E-state index is 13.4. The topological polar surface area (TPSA) is 211 Å². The largest absolute Gasteiger partial charge is 0.480 e. The zero-order valence-electron chi connectivity index (χ0n) is 32.2. The molecule has 3 aromatic rings. The van der Waals surface area contributed by atoms with E-state index in [1.807, 2.05) is 39.0 Å². The van der Waals surface area contributed by atoms with Crippen LogP contribution in [0.4, 0.5) is 16.2 Å². The molecule has 1 aliphatic rings. The normalized spacial score (nSPS) is 15.4. The van der Waals surface area contributed by atoms with Crippen molar-refractivity contribution in [3.05, 3.63) is 89.5 Å². The molecular weight excluding hydrogens is 741 g/mol. The van der Waals surface area contributed by atoms with Crippen LogP contribution in [0.15, 0.2) is 77.7 Å². The Balaban J connectivity index is 1.31. The van der Waals surface area contributed by atoms with E-state index in [0.717, 1.165) is 9.87 Å². The molecule has 4 rings (SSSR count). The molecule has 1 aliphatic heterocycles. The van der Waals surface area contributed by atoms with E-state index < -0.39 is 52.0 Å². The van der Waals surface area contributed by atoms with Gasteiger partial charge in [-0.3, -0.25) is 19.2 Å². The van der Waals surface area contributed by atoms with Gasteiger partial charge in [0.05, 0.1) is 11.3 Å². The number of urea groups is 1. The highest BCUT2D eigenvalue weighted by Gasteiger charge is 2.40. The van der Waals surface area contributed by atoms with Gasteiger partial charge in [-0.1, -0.05) is 56.3 Å². The van der Waals surface area contributed by atoms with Crippen molar-refractivity contribution < 1.29 is 42.3 Å². The van der Waals surface area contributed by atoms with E-state index in [9.17, 15) is 42.3 Å². The number of hydrogen-bond donors (Lipinski definition) is 5. The zero-order chi connectivity index (χ0) is 41.2. The second-order valence-electron chi connectivity index (χ2n) is 14.3. The summed E-state index contributed by atoms with van der Waals surface area (Å²) in [5.41, 5.74) is 3.12. The lowest BCUT2D eigenvalue weighted by Crippen LogP contribution is -2.52. The Morgan fingerprint density at radius 1 is 0.929 bits per heavy atom. The number of ketones is 1. The number of Topliss-reactive ketones (excluding diaryl/α,β-unsaturated/α-hetero) is 1. The van der Waals surface area contributed by atoms with Crippen LogP contribution in [0.5, 0.6) is 0 Å². The van der Waals surface area contributed by atoms with Crippen molar-refractivity contribution in [2.45, 2.75) is 82.8 Å². The van der Waals surface area contributed by atoms with Gasteiger partial charge in [0, 0.05) is 37.1 Å². The van der Waals surface area contributed by atoms with Gasteiger partial charge in [0.25, 0.3) is 0 Å². The molecule has 56 heavy (non-hydrogen) atoms. The number of likely N-dealkylation sites (N-methyl/N-ethyl adjacent to an activating group) is 1. The Labute approximate surface area is 327 Å². The first-order valence-electron chi connectivity index (χ1n) is 18.4. The smallest absolute Gasteiger partial charge is 0.326 e. The number of aliphatic carboxylic acids is 1. The van der Waals surface area contributed by atoms with Crippen LogP contribution in [0, 0.1) is 12.8 Å². The molecule has 5 amide bonds. The summed E-state index contributed by atoms with van der Waals surface area (Å²) in [7, 11) is -2.60. The van der Waals surface area contributed by atoms with Crippen LogP contribution in [0.2, 0.25) is 0 Å². The number of carboxylic acid groups (broad SMARTS) is 1. The number of para-hydroxylation sites is 1. The number of carbonyl (C=O) groups is 6. The first-order chi connectivity index (χ1) is 26.5. The minimum absolute atomic E-state index is 0.0151. The van der Waals surface area contributed by atoms with Crippen molar-refractivity contribution in [1.82, 2.24) is 19.8 Å². The van der Waals surface area contributed by atoms with Gasteiger partial charge in [-0.2, -0.15) is 4.31 Å². The Kier molecular flexibility index (Phi) is 14.9. The number of sulfonamides is 1. The van der Waals surface area contributed by atoms with E-state index in [4.69, 9.17) is 0 Å². The molecule has 0 aliphatic carbocycles. The number of nitrogens with one attached hydrogen (secondary N) is 4. The van der Waals surface area contributed by atoms with Gasteiger partial charge < -0.3 is 31.3 Å². The molecule has 3 atom stereocenters. The molecule has 1 fully saturated rings. The van der Waals surface area contributed by atoms with E-state index in [-0.39, 0.29) is 54.9 Å². The SMILES string of the molecule is CC(=O)c1ccc(S(=O)(=O)N2CCC[C@H]2C(=O)N[C@@H](CCNC(=O)[C@H](CC(C)C)N(C)C(=O)Cc2ccc(NC(=O)Nc3ccccc3C)cc2)C(=O)O)cc1. The van der Waals surface area contributed by atoms with Gasteiger partial charge >= 0.3 is 12.0 Å². The molecule has 16 heteroatoms. The van der Waals surface area contributed by atoms with E-state index in [0.29, 0.717) is 35.3 Å². The lowest BCUT2D eigenvalue weighted by molar-refractivity contribution is -0.142. The van der Waals surface area contributed by atoms with Crippen molar-refractivity contribution in [3.63, 3.8) is 0 Å². The van der Waals surface area contributed by atoms with Gasteiger partial charge in [0.2, 0.25) is 27.7 Å². The molecule has 1 heterocycles. The number of rotatable bonds is 17. The molecule has 5 N–H and O–H groups in total. The van der Waals surface area contributed by atoms with Gasteiger partial charge in [-0.25, -0.2) is 18.0 Å². The number of carboxylic acids is 1. The van der Waals surface area contributed by atoms with E-state index >= 15 is 0 Å². The summed E-state index contributed by atoms with van der Waals surface area (Å²) in [6.45, 7) is 6.97.